The molecule has 35 heavy (non-hydrogen) atoms. The lowest BCUT2D eigenvalue weighted by atomic mass is 9.58. The van der Waals surface area contributed by atoms with Gasteiger partial charge in [-0.25, -0.2) is 0 Å². The Hall–Kier alpha value is -3.38. The van der Waals surface area contributed by atoms with Crippen LogP contribution in [0.2, 0.25) is 0 Å². The van der Waals surface area contributed by atoms with E-state index in [4.69, 9.17) is 0 Å². The minimum absolute atomic E-state index is 0.0205. The summed E-state index contributed by atoms with van der Waals surface area (Å²) >= 11 is 0. The lowest BCUT2D eigenvalue weighted by Crippen LogP contribution is -2.66. The van der Waals surface area contributed by atoms with Crippen molar-refractivity contribution < 1.29 is 14.7 Å². The molecular formula is C30H26N2O3. The van der Waals surface area contributed by atoms with Crippen LogP contribution >= 0.6 is 0 Å². The standard InChI is InChI=1S/C30H26N2O3/c1-31-18-25(21-12-6-3-7-13-21)28-19-32(17-22(26(28)33)16-20-10-4-2-5-11-20)30(35)24-15-9-8-14-23(24)27(34)29(28,30)31/h2-16,25,35H,17-19H2,1H3/b22-16+/t25-,28+,29-,30-/m1/s1. The van der Waals surface area contributed by atoms with Gasteiger partial charge in [-0.15, -0.1) is 0 Å². The fourth-order valence-electron chi connectivity index (χ4n) is 7.75. The first-order chi connectivity index (χ1) is 17.0. The number of likely N-dealkylation sites (tertiary alicyclic amines) is 1. The van der Waals surface area contributed by atoms with Crippen LogP contribution in [0.3, 0.4) is 0 Å². The van der Waals surface area contributed by atoms with Crippen molar-refractivity contribution >= 4 is 17.6 Å². The summed E-state index contributed by atoms with van der Waals surface area (Å²) < 4.78 is 0. The van der Waals surface area contributed by atoms with Gasteiger partial charge in [-0.3, -0.25) is 19.4 Å². The molecule has 0 amide bonds. The lowest BCUT2D eigenvalue weighted by molar-refractivity contribution is -0.145. The van der Waals surface area contributed by atoms with E-state index in [1.165, 1.54) is 0 Å². The monoisotopic (exact) mass is 462 g/mol. The van der Waals surface area contributed by atoms with Gasteiger partial charge in [0.05, 0.1) is 5.41 Å². The molecule has 4 aliphatic rings. The molecule has 1 aliphatic carbocycles. The summed E-state index contributed by atoms with van der Waals surface area (Å²) in [6.07, 6.45) is 1.94. The van der Waals surface area contributed by atoms with Crippen LogP contribution in [-0.2, 0) is 10.5 Å². The molecule has 3 aromatic rings. The van der Waals surface area contributed by atoms with Gasteiger partial charge in [-0.1, -0.05) is 84.9 Å². The van der Waals surface area contributed by atoms with Crippen molar-refractivity contribution in [1.29, 1.82) is 0 Å². The fraction of sp³-hybridized carbons (Fsp3) is 0.267. The second kappa shape index (κ2) is 6.85. The quantitative estimate of drug-likeness (QED) is 0.591. The third-order valence-electron chi connectivity index (χ3n) is 8.95. The van der Waals surface area contributed by atoms with Crippen molar-refractivity contribution in [3.63, 3.8) is 0 Å². The number of piperidine rings is 1. The first-order valence-electron chi connectivity index (χ1n) is 12.1. The maximum atomic E-state index is 14.7. The van der Waals surface area contributed by atoms with E-state index < -0.39 is 16.7 Å². The predicted molar refractivity (Wildman–Crippen MR) is 133 cm³/mol. The number of rotatable bonds is 2. The highest BCUT2D eigenvalue weighted by molar-refractivity contribution is 6.18. The van der Waals surface area contributed by atoms with Crippen molar-refractivity contribution in [1.82, 2.24) is 9.80 Å². The Balaban J connectivity index is 1.54. The number of aliphatic hydroxyl groups is 1. The number of hydrogen-bond donors (Lipinski definition) is 1. The van der Waals surface area contributed by atoms with Crippen LogP contribution in [-0.4, -0.2) is 58.7 Å². The molecule has 5 nitrogen and oxygen atoms in total. The zero-order valence-corrected chi connectivity index (χ0v) is 19.5. The molecule has 3 heterocycles. The van der Waals surface area contributed by atoms with Gasteiger partial charge >= 0.3 is 0 Å². The molecule has 2 spiro atoms. The summed E-state index contributed by atoms with van der Waals surface area (Å²) in [5, 5.41) is 12.7. The molecule has 1 N–H and O–H groups in total. The lowest BCUT2D eigenvalue weighted by Gasteiger charge is -2.44. The van der Waals surface area contributed by atoms with Gasteiger partial charge in [-0.2, -0.15) is 0 Å². The fourth-order valence-corrected chi connectivity index (χ4v) is 7.75. The zero-order valence-electron chi connectivity index (χ0n) is 19.5. The van der Waals surface area contributed by atoms with Gasteiger partial charge in [0, 0.05) is 42.3 Å². The number of nitrogens with zero attached hydrogens (tertiary/aromatic N) is 2. The second-order valence-electron chi connectivity index (χ2n) is 10.3. The number of carbonyl (C=O) groups excluding carboxylic acids is 2. The van der Waals surface area contributed by atoms with E-state index in [-0.39, 0.29) is 17.5 Å². The van der Waals surface area contributed by atoms with E-state index in [0.717, 1.165) is 11.1 Å². The maximum Gasteiger partial charge on any atom is 0.189 e. The van der Waals surface area contributed by atoms with Crippen LogP contribution in [0, 0.1) is 5.41 Å². The minimum atomic E-state index is -1.58. The van der Waals surface area contributed by atoms with Crippen molar-refractivity contribution in [2.75, 3.05) is 26.7 Å². The summed E-state index contributed by atoms with van der Waals surface area (Å²) in [5.41, 5.74) is -0.324. The molecule has 0 saturated carbocycles. The Morgan fingerprint density at radius 3 is 2.29 bits per heavy atom. The van der Waals surface area contributed by atoms with Crippen molar-refractivity contribution in [3.05, 3.63) is 113 Å². The van der Waals surface area contributed by atoms with Crippen LogP contribution in [0.25, 0.3) is 6.08 Å². The molecule has 2 bridgehead atoms. The van der Waals surface area contributed by atoms with Crippen LogP contribution < -0.4 is 0 Å². The minimum Gasteiger partial charge on any atom is -0.369 e. The third kappa shape index (κ3) is 2.21. The number of hydrogen-bond acceptors (Lipinski definition) is 5. The van der Waals surface area contributed by atoms with E-state index in [9.17, 15) is 14.7 Å². The average molecular weight is 463 g/mol. The molecule has 0 radical (unpaired) electrons. The molecule has 3 saturated heterocycles. The van der Waals surface area contributed by atoms with E-state index in [1.807, 2.05) is 102 Å². The number of ketones is 2. The van der Waals surface area contributed by atoms with Crippen molar-refractivity contribution in [3.8, 4) is 0 Å². The molecule has 7 rings (SSSR count). The smallest absolute Gasteiger partial charge is 0.189 e. The molecule has 174 valence electrons. The SMILES string of the molecule is CN1C[C@H](c2ccccc2)[C@@]23CN(C/C(=C\c4ccccc4)C2=O)[C@@]2(O)c4ccccc4C(=O)[C@@]132. The Labute approximate surface area is 204 Å². The van der Waals surface area contributed by atoms with Gasteiger partial charge in [-0.05, 0) is 24.3 Å². The second-order valence-corrected chi connectivity index (χ2v) is 10.3. The molecule has 5 heteroatoms. The Kier molecular flexibility index (Phi) is 4.10. The van der Waals surface area contributed by atoms with Crippen LogP contribution in [0.5, 0.6) is 0 Å². The van der Waals surface area contributed by atoms with Gasteiger partial charge in [0.15, 0.2) is 17.3 Å². The summed E-state index contributed by atoms with van der Waals surface area (Å²) in [5.74, 6) is -0.392. The first kappa shape index (κ1) is 20.9. The highest BCUT2D eigenvalue weighted by Gasteiger charge is 2.87. The highest BCUT2D eigenvalue weighted by Crippen LogP contribution is 2.71. The van der Waals surface area contributed by atoms with E-state index in [1.54, 1.807) is 6.07 Å². The topological polar surface area (TPSA) is 60.9 Å². The summed E-state index contributed by atoms with van der Waals surface area (Å²) in [6, 6.07) is 27.2. The number of carbonyl (C=O) groups is 2. The van der Waals surface area contributed by atoms with E-state index in [0.29, 0.717) is 36.3 Å². The molecule has 1 unspecified atom stereocenters. The van der Waals surface area contributed by atoms with Gasteiger partial charge in [0.2, 0.25) is 0 Å². The van der Waals surface area contributed by atoms with Gasteiger partial charge in [0.1, 0.15) is 5.54 Å². The molecule has 3 aliphatic heterocycles. The van der Waals surface area contributed by atoms with Crippen molar-refractivity contribution in [2.24, 2.45) is 5.41 Å². The summed E-state index contributed by atoms with van der Waals surface area (Å²) in [4.78, 5) is 33.1. The average Bonchev–Trinajstić information content (AvgIpc) is 3.36. The summed E-state index contributed by atoms with van der Waals surface area (Å²) in [6.45, 7) is 1.16. The largest absolute Gasteiger partial charge is 0.369 e. The highest BCUT2D eigenvalue weighted by atomic mass is 16.3. The Morgan fingerprint density at radius 2 is 1.54 bits per heavy atom. The molecule has 3 aromatic carbocycles. The van der Waals surface area contributed by atoms with E-state index >= 15 is 0 Å². The number of fused-ring (bicyclic) bond motifs is 4. The molecule has 5 atom stereocenters. The van der Waals surface area contributed by atoms with E-state index in [2.05, 4.69) is 0 Å². The predicted octanol–water partition coefficient (Wildman–Crippen LogP) is 3.46. The maximum absolute atomic E-state index is 14.7. The van der Waals surface area contributed by atoms with Gasteiger partial charge < -0.3 is 5.11 Å². The molecule has 3 fully saturated rings. The number of likely N-dealkylation sites (N-methyl/N-ethyl adjacent to an activating group) is 1. The Bertz CT molecular complexity index is 1420. The number of benzene rings is 3. The van der Waals surface area contributed by atoms with Gasteiger partial charge in [0.25, 0.3) is 0 Å². The summed E-state index contributed by atoms with van der Waals surface area (Å²) in [7, 11) is 1.90. The van der Waals surface area contributed by atoms with Crippen molar-refractivity contribution in [2.45, 2.75) is 17.2 Å². The molecule has 0 aromatic heterocycles. The Morgan fingerprint density at radius 1 is 0.886 bits per heavy atom. The normalized spacial score (nSPS) is 36.3. The van der Waals surface area contributed by atoms with Crippen LogP contribution in [0.15, 0.2) is 90.5 Å². The zero-order chi connectivity index (χ0) is 24.0. The number of Topliss-reactive ketones (excluding diaryl/α,β-unsaturated/α-hetero) is 2. The van der Waals surface area contributed by atoms with Crippen LogP contribution in [0.4, 0.5) is 0 Å². The third-order valence-corrected chi connectivity index (χ3v) is 8.95. The first-order valence-corrected chi connectivity index (χ1v) is 12.1. The van der Waals surface area contributed by atoms with Crippen LogP contribution in [0.1, 0.15) is 33.0 Å². The molecular weight excluding hydrogens is 436 g/mol.